The van der Waals surface area contributed by atoms with Crippen LogP contribution in [0, 0.1) is 5.82 Å². The molecular formula is C22H31FIN5O. The van der Waals surface area contributed by atoms with Gasteiger partial charge >= 0.3 is 0 Å². The van der Waals surface area contributed by atoms with E-state index in [4.69, 9.17) is 4.74 Å². The Morgan fingerprint density at radius 3 is 2.70 bits per heavy atom. The first-order valence-electron chi connectivity index (χ1n) is 10.1. The summed E-state index contributed by atoms with van der Waals surface area (Å²) in [5.74, 6) is 1.29. The van der Waals surface area contributed by atoms with Crippen molar-refractivity contribution < 1.29 is 9.13 Å². The zero-order valence-electron chi connectivity index (χ0n) is 17.8. The van der Waals surface area contributed by atoms with Crippen LogP contribution in [-0.4, -0.2) is 48.1 Å². The lowest BCUT2D eigenvalue weighted by Gasteiger charge is -2.35. The molecule has 0 saturated carbocycles. The van der Waals surface area contributed by atoms with Crippen LogP contribution in [0.4, 0.5) is 4.39 Å². The number of hydrogen-bond donors (Lipinski definition) is 2. The van der Waals surface area contributed by atoms with E-state index < -0.39 is 0 Å². The molecule has 2 N–H and O–H groups in total. The minimum atomic E-state index is -0.341. The second-order valence-corrected chi connectivity index (χ2v) is 7.50. The minimum Gasteiger partial charge on any atom is -0.439 e. The molecule has 6 nitrogen and oxygen atoms in total. The van der Waals surface area contributed by atoms with Crippen molar-refractivity contribution in [1.29, 1.82) is 0 Å². The molecule has 8 heteroatoms. The molecule has 164 valence electrons. The lowest BCUT2D eigenvalue weighted by Crippen LogP contribution is -2.49. The normalized spacial score (nSPS) is 15.6. The first-order valence-corrected chi connectivity index (χ1v) is 10.1. The highest BCUT2D eigenvalue weighted by Crippen LogP contribution is 2.23. The van der Waals surface area contributed by atoms with E-state index in [-0.39, 0.29) is 29.8 Å². The van der Waals surface area contributed by atoms with Crippen molar-refractivity contribution in [2.24, 2.45) is 4.99 Å². The third kappa shape index (κ3) is 7.09. The van der Waals surface area contributed by atoms with Gasteiger partial charge in [0.05, 0.1) is 0 Å². The number of ether oxygens (including phenoxy) is 1. The topological polar surface area (TPSA) is 61.8 Å². The van der Waals surface area contributed by atoms with Gasteiger partial charge in [-0.1, -0.05) is 12.1 Å². The molecule has 1 aliphatic heterocycles. The van der Waals surface area contributed by atoms with E-state index >= 15 is 0 Å². The van der Waals surface area contributed by atoms with E-state index in [1.165, 1.54) is 12.1 Å². The summed E-state index contributed by atoms with van der Waals surface area (Å²) in [5, 5.41) is 6.85. The lowest BCUT2D eigenvalue weighted by molar-refractivity contribution is 0.167. The van der Waals surface area contributed by atoms with Crippen LogP contribution < -0.4 is 15.4 Å². The van der Waals surface area contributed by atoms with Gasteiger partial charge in [0, 0.05) is 56.6 Å². The van der Waals surface area contributed by atoms with Crippen molar-refractivity contribution in [1.82, 2.24) is 20.5 Å². The number of aromatic nitrogens is 1. The number of likely N-dealkylation sites (tertiary alicyclic amines) is 1. The predicted octanol–water partition coefficient (Wildman–Crippen LogP) is 4.17. The van der Waals surface area contributed by atoms with Gasteiger partial charge in [0.2, 0.25) is 5.88 Å². The molecule has 0 unspecified atom stereocenters. The number of nitrogens with zero attached hydrogens (tertiary/aromatic N) is 3. The smallest absolute Gasteiger partial charge is 0.224 e. The molecule has 1 aliphatic rings. The molecule has 0 bridgehead atoms. The summed E-state index contributed by atoms with van der Waals surface area (Å²) in [6.45, 7) is 7.18. The Morgan fingerprint density at radius 1 is 1.27 bits per heavy atom. The fraction of sp³-hybridized carbons (Fsp3) is 0.455. The van der Waals surface area contributed by atoms with Gasteiger partial charge in [-0.25, -0.2) is 9.37 Å². The van der Waals surface area contributed by atoms with E-state index in [2.05, 4.69) is 39.4 Å². The van der Waals surface area contributed by atoms with Gasteiger partial charge in [-0.15, -0.1) is 24.0 Å². The van der Waals surface area contributed by atoms with Crippen molar-refractivity contribution in [3.05, 3.63) is 54.0 Å². The first kappa shape index (κ1) is 24.3. The van der Waals surface area contributed by atoms with Crippen LogP contribution >= 0.6 is 24.0 Å². The molecule has 0 amide bonds. The SMILES string of the molecule is CN=C(NCc1cccnc1Oc1cccc(F)c1)NC1CCN(C(C)C)CC1.I. The van der Waals surface area contributed by atoms with Crippen LogP contribution in [0.3, 0.4) is 0 Å². The molecule has 0 aliphatic carbocycles. The molecule has 30 heavy (non-hydrogen) atoms. The molecule has 1 aromatic carbocycles. The number of guanidine groups is 1. The van der Waals surface area contributed by atoms with Crippen molar-refractivity contribution in [3.63, 3.8) is 0 Å². The Balaban J connectivity index is 0.00000320. The van der Waals surface area contributed by atoms with Gasteiger partial charge in [-0.2, -0.15) is 0 Å². The van der Waals surface area contributed by atoms with Gasteiger partial charge in [0.25, 0.3) is 0 Å². The molecule has 1 saturated heterocycles. The molecule has 0 spiro atoms. The number of pyridine rings is 1. The van der Waals surface area contributed by atoms with Crippen LogP contribution in [0.5, 0.6) is 11.6 Å². The number of benzene rings is 1. The van der Waals surface area contributed by atoms with Crippen LogP contribution in [-0.2, 0) is 6.54 Å². The summed E-state index contributed by atoms with van der Waals surface area (Å²) in [7, 11) is 1.77. The third-order valence-corrected chi connectivity index (χ3v) is 5.13. The van der Waals surface area contributed by atoms with Crippen molar-refractivity contribution in [3.8, 4) is 11.6 Å². The fourth-order valence-corrected chi connectivity index (χ4v) is 3.42. The Labute approximate surface area is 195 Å². The summed E-state index contributed by atoms with van der Waals surface area (Å²) in [6, 6.07) is 10.8. The number of nitrogens with one attached hydrogen (secondary N) is 2. The third-order valence-electron chi connectivity index (χ3n) is 5.13. The van der Waals surface area contributed by atoms with Crippen molar-refractivity contribution >= 4 is 29.9 Å². The van der Waals surface area contributed by atoms with Crippen LogP contribution in [0.15, 0.2) is 47.6 Å². The summed E-state index contributed by atoms with van der Waals surface area (Å²) in [5.41, 5.74) is 0.870. The zero-order chi connectivity index (χ0) is 20.6. The average molecular weight is 527 g/mol. The molecule has 1 aromatic heterocycles. The maximum atomic E-state index is 13.4. The number of rotatable bonds is 6. The molecule has 1 fully saturated rings. The Hall–Kier alpha value is -1.94. The van der Waals surface area contributed by atoms with E-state index in [0.29, 0.717) is 30.3 Å². The zero-order valence-corrected chi connectivity index (χ0v) is 20.1. The van der Waals surface area contributed by atoms with Crippen LogP contribution in [0.1, 0.15) is 32.3 Å². The molecule has 2 aromatic rings. The van der Waals surface area contributed by atoms with E-state index in [1.54, 1.807) is 25.4 Å². The molecule has 3 rings (SSSR count). The van der Waals surface area contributed by atoms with E-state index in [0.717, 1.165) is 37.5 Å². The number of halogens is 2. The van der Waals surface area contributed by atoms with E-state index in [9.17, 15) is 4.39 Å². The number of hydrogen-bond acceptors (Lipinski definition) is 4. The number of aliphatic imine (C=N–C) groups is 1. The molecule has 0 radical (unpaired) electrons. The standard InChI is InChI=1S/C22H30FN5O.HI/c1-16(2)28-12-9-19(10-13-28)27-22(24-3)26-15-17-6-5-11-25-21(17)29-20-8-4-7-18(23)14-20;/h4-8,11,14,16,19H,9-10,12-13,15H2,1-3H3,(H2,24,26,27);1H. The fourth-order valence-electron chi connectivity index (χ4n) is 3.42. The Bertz CT molecular complexity index is 825. The van der Waals surface area contributed by atoms with Gasteiger partial charge < -0.3 is 20.3 Å². The minimum absolute atomic E-state index is 0. The summed E-state index contributed by atoms with van der Waals surface area (Å²) in [4.78, 5) is 11.1. The largest absolute Gasteiger partial charge is 0.439 e. The first-order chi connectivity index (χ1) is 14.0. The predicted molar refractivity (Wildman–Crippen MR) is 129 cm³/mol. The van der Waals surface area contributed by atoms with Gasteiger partial charge in [0.1, 0.15) is 11.6 Å². The molecular weight excluding hydrogens is 496 g/mol. The van der Waals surface area contributed by atoms with Crippen molar-refractivity contribution in [2.75, 3.05) is 20.1 Å². The highest BCUT2D eigenvalue weighted by Gasteiger charge is 2.21. The quantitative estimate of drug-likeness (QED) is 0.336. The lowest BCUT2D eigenvalue weighted by atomic mass is 10.0. The Kier molecular flexibility index (Phi) is 9.77. The second kappa shape index (κ2) is 12.0. The Morgan fingerprint density at radius 2 is 2.03 bits per heavy atom. The van der Waals surface area contributed by atoms with Crippen molar-refractivity contribution in [2.45, 2.75) is 45.3 Å². The maximum absolute atomic E-state index is 13.4. The van der Waals surface area contributed by atoms with E-state index in [1.807, 2.05) is 12.1 Å². The molecule has 0 atom stereocenters. The number of piperidine rings is 1. The summed E-state index contributed by atoms with van der Waals surface area (Å²) in [6.07, 6.45) is 3.85. The molecule has 2 heterocycles. The van der Waals surface area contributed by atoms with Gasteiger partial charge in [-0.05, 0) is 44.9 Å². The second-order valence-electron chi connectivity index (χ2n) is 7.50. The summed E-state index contributed by atoms with van der Waals surface area (Å²) >= 11 is 0. The highest BCUT2D eigenvalue weighted by molar-refractivity contribution is 14.0. The maximum Gasteiger partial charge on any atom is 0.224 e. The van der Waals surface area contributed by atoms with Gasteiger partial charge in [0.15, 0.2) is 5.96 Å². The van der Waals surface area contributed by atoms with Gasteiger partial charge in [-0.3, -0.25) is 4.99 Å². The summed E-state index contributed by atoms with van der Waals surface area (Å²) < 4.78 is 19.2. The van der Waals surface area contributed by atoms with Crippen LogP contribution in [0.25, 0.3) is 0 Å². The monoisotopic (exact) mass is 527 g/mol. The highest BCUT2D eigenvalue weighted by atomic mass is 127. The van der Waals surface area contributed by atoms with Crippen LogP contribution in [0.2, 0.25) is 0 Å². The average Bonchev–Trinajstić information content (AvgIpc) is 2.72.